The summed E-state index contributed by atoms with van der Waals surface area (Å²) >= 11 is 0. The molecule has 0 saturated heterocycles. The van der Waals surface area contributed by atoms with E-state index >= 15 is 0 Å². The molecule has 1 aliphatic rings. The molecule has 0 spiro atoms. The molecule has 0 atom stereocenters. The zero-order valence-corrected chi connectivity index (χ0v) is 9.06. The third-order valence-corrected chi connectivity index (χ3v) is 2.49. The predicted octanol–water partition coefficient (Wildman–Crippen LogP) is -0.431. The topological polar surface area (TPSA) is 92.1 Å². The van der Waals surface area contributed by atoms with E-state index in [0.29, 0.717) is 17.6 Å². The number of H-pyrrole nitrogens is 1. The number of anilines is 1. The van der Waals surface area contributed by atoms with Crippen molar-refractivity contribution in [2.75, 3.05) is 18.5 Å². The highest BCUT2D eigenvalue weighted by Gasteiger charge is 2.26. The minimum Gasteiger partial charge on any atom is -0.368 e. The van der Waals surface area contributed by atoms with Crippen LogP contribution in [0.2, 0.25) is 0 Å². The van der Waals surface area contributed by atoms with E-state index in [4.69, 9.17) is 5.73 Å². The predicted molar refractivity (Wildman–Crippen MR) is 59.3 cm³/mol. The van der Waals surface area contributed by atoms with Crippen molar-refractivity contribution in [1.82, 2.24) is 9.97 Å². The molecule has 0 radical (unpaired) electrons. The minimum atomic E-state index is -0.447. The largest absolute Gasteiger partial charge is 0.368 e. The quantitative estimate of drug-likeness (QED) is 0.723. The Labute approximate surface area is 92.5 Å². The van der Waals surface area contributed by atoms with Crippen LogP contribution in [0, 0.1) is 0 Å². The van der Waals surface area contributed by atoms with Crippen LogP contribution in [0.1, 0.15) is 24.6 Å². The normalized spacial score (nSPS) is 14.8. The number of nitrogens with zero attached hydrogens (tertiary/aromatic N) is 2. The molecule has 1 amide bonds. The lowest BCUT2D eigenvalue weighted by molar-refractivity contribution is -0.116. The van der Waals surface area contributed by atoms with Crippen molar-refractivity contribution >= 4 is 11.7 Å². The Hall–Kier alpha value is -1.85. The van der Waals surface area contributed by atoms with Crippen LogP contribution in [-0.2, 0) is 4.79 Å². The average Bonchev–Trinajstić information content (AvgIpc) is 2.98. The van der Waals surface area contributed by atoms with Crippen LogP contribution in [0.3, 0.4) is 0 Å². The third-order valence-electron chi connectivity index (χ3n) is 2.49. The van der Waals surface area contributed by atoms with Crippen molar-refractivity contribution in [3.05, 3.63) is 22.2 Å². The van der Waals surface area contributed by atoms with E-state index in [-0.39, 0.29) is 12.1 Å². The van der Waals surface area contributed by atoms with Crippen LogP contribution in [0.4, 0.5) is 5.82 Å². The van der Waals surface area contributed by atoms with Gasteiger partial charge in [0.1, 0.15) is 11.6 Å². The lowest BCUT2D eigenvalue weighted by Crippen LogP contribution is -2.32. The lowest BCUT2D eigenvalue weighted by atomic mass is 10.4. The van der Waals surface area contributed by atoms with Crippen molar-refractivity contribution in [3.63, 3.8) is 0 Å². The molecule has 1 fully saturated rings. The molecule has 6 nitrogen and oxygen atoms in total. The van der Waals surface area contributed by atoms with Gasteiger partial charge in [-0.2, -0.15) is 0 Å². The number of hydrogen-bond donors (Lipinski definition) is 2. The molecule has 0 aromatic carbocycles. The molecule has 6 heteroatoms. The number of primary amides is 1. The van der Waals surface area contributed by atoms with Crippen LogP contribution in [-0.4, -0.2) is 29.5 Å². The fraction of sp³-hybridized carbons (Fsp3) is 0.500. The highest BCUT2D eigenvalue weighted by atomic mass is 16.1. The monoisotopic (exact) mass is 222 g/mol. The summed E-state index contributed by atoms with van der Waals surface area (Å²) in [5.41, 5.74) is 4.89. The number of nitrogens with one attached hydrogen (secondary N) is 1. The molecule has 86 valence electrons. The minimum absolute atomic E-state index is 0.0561. The molecule has 1 saturated carbocycles. The summed E-state index contributed by atoms with van der Waals surface area (Å²) < 4.78 is 0. The van der Waals surface area contributed by atoms with Gasteiger partial charge in [-0.3, -0.25) is 9.59 Å². The molecule has 0 unspecified atom stereocenters. The number of rotatable bonds is 4. The first kappa shape index (κ1) is 10.7. The molecule has 3 N–H and O–H groups in total. The molecule has 1 heterocycles. The second-order valence-electron chi connectivity index (χ2n) is 4.09. The Balaban J connectivity index is 2.25. The number of carbonyl (C=O) groups is 1. The van der Waals surface area contributed by atoms with E-state index in [0.717, 1.165) is 12.8 Å². The Morgan fingerprint density at radius 2 is 2.38 bits per heavy atom. The second-order valence-corrected chi connectivity index (χ2v) is 4.09. The fourth-order valence-electron chi connectivity index (χ4n) is 1.52. The fourth-order valence-corrected chi connectivity index (χ4v) is 1.52. The van der Waals surface area contributed by atoms with Crippen molar-refractivity contribution in [3.8, 4) is 0 Å². The van der Waals surface area contributed by atoms with Gasteiger partial charge in [0.2, 0.25) is 5.91 Å². The number of nitrogens with two attached hydrogens (primary N) is 1. The first-order valence-electron chi connectivity index (χ1n) is 5.17. The molecule has 1 aromatic rings. The van der Waals surface area contributed by atoms with Crippen LogP contribution in [0.25, 0.3) is 0 Å². The first-order chi connectivity index (χ1) is 7.56. The van der Waals surface area contributed by atoms with Crippen LogP contribution in [0.15, 0.2) is 10.9 Å². The zero-order chi connectivity index (χ0) is 11.7. The van der Waals surface area contributed by atoms with E-state index in [1.807, 2.05) is 0 Å². The zero-order valence-electron chi connectivity index (χ0n) is 9.06. The lowest BCUT2D eigenvalue weighted by Gasteiger charge is -2.16. The SMILES string of the molecule is CN(CC(N)=O)c1cc(=O)[nH]c(C2CC2)n1. The van der Waals surface area contributed by atoms with Gasteiger partial charge in [-0.25, -0.2) is 4.98 Å². The molecular formula is C10H14N4O2. The Kier molecular flexibility index (Phi) is 2.64. The molecule has 1 aliphatic carbocycles. The Morgan fingerprint density at radius 3 is 2.94 bits per heavy atom. The molecule has 1 aromatic heterocycles. The Morgan fingerprint density at radius 1 is 1.69 bits per heavy atom. The number of amides is 1. The molecule has 0 aliphatic heterocycles. The van der Waals surface area contributed by atoms with Crippen molar-refractivity contribution < 1.29 is 4.79 Å². The maximum absolute atomic E-state index is 11.4. The van der Waals surface area contributed by atoms with E-state index in [9.17, 15) is 9.59 Å². The Bertz CT molecular complexity index is 464. The van der Waals surface area contributed by atoms with Gasteiger partial charge < -0.3 is 15.6 Å². The molecule has 0 bridgehead atoms. The summed E-state index contributed by atoms with van der Waals surface area (Å²) in [4.78, 5) is 30.8. The first-order valence-corrected chi connectivity index (χ1v) is 5.17. The van der Waals surface area contributed by atoms with E-state index in [1.54, 1.807) is 11.9 Å². The van der Waals surface area contributed by atoms with Gasteiger partial charge in [-0.05, 0) is 12.8 Å². The summed E-state index contributed by atoms with van der Waals surface area (Å²) in [6.45, 7) is 0.0561. The smallest absolute Gasteiger partial charge is 0.252 e. The van der Waals surface area contributed by atoms with Gasteiger partial charge in [0, 0.05) is 19.0 Å². The maximum Gasteiger partial charge on any atom is 0.252 e. The second kappa shape index (κ2) is 3.96. The summed E-state index contributed by atoms with van der Waals surface area (Å²) in [5, 5.41) is 0. The van der Waals surface area contributed by atoms with Crippen LogP contribution < -0.4 is 16.2 Å². The van der Waals surface area contributed by atoms with E-state index in [2.05, 4.69) is 9.97 Å². The van der Waals surface area contributed by atoms with Gasteiger partial charge in [-0.1, -0.05) is 0 Å². The number of likely N-dealkylation sites (N-methyl/N-ethyl adjacent to an activating group) is 1. The van der Waals surface area contributed by atoms with Crippen molar-refractivity contribution in [1.29, 1.82) is 0 Å². The van der Waals surface area contributed by atoms with E-state index in [1.165, 1.54) is 6.07 Å². The number of carbonyl (C=O) groups excluding carboxylic acids is 1. The summed E-state index contributed by atoms with van der Waals surface area (Å²) in [6, 6.07) is 1.37. The van der Waals surface area contributed by atoms with Gasteiger partial charge in [-0.15, -0.1) is 0 Å². The van der Waals surface area contributed by atoms with Crippen LogP contribution in [0.5, 0.6) is 0 Å². The van der Waals surface area contributed by atoms with Gasteiger partial charge in [0.05, 0.1) is 6.54 Å². The summed E-state index contributed by atoms with van der Waals surface area (Å²) in [7, 11) is 1.68. The standard InChI is InChI=1S/C10H14N4O2/c1-14(5-7(11)15)8-4-9(16)13-10(12-8)6-2-3-6/h4,6H,2-3,5H2,1H3,(H2,11,15)(H,12,13,16). The summed E-state index contributed by atoms with van der Waals surface area (Å²) in [5.74, 6) is 1.12. The summed E-state index contributed by atoms with van der Waals surface area (Å²) in [6.07, 6.45) is 2.12. The average molecular weight is 222 g/mol. The highest BCUT2D eigenvalue weighted by molar-refractivity contribution is 5.78. The number of hydrogen-bond acceptors (Lipinski definition) is 4. The molecular weight excluding hydrogens is 208 g/mol. The molecule has 16 heavy (non-hydrogen) atoms. The number of aromatic nitrogens is 2. The van der Waals surface area contributed by atoms with Crippen molar-refractivity contribution in [2.45, 2.75) is 18.8 Å². The van der Waals surface area contributed by atoms with Gasteiger partial charge >= 0.3 is 0 Å². The number of aromatic amines is 1. The van der Waals surface area contributed by atoms with Gasteiger partial charge in [0.15, 0.2) is 0 Å². The third kappa shape index (κ3) is 2.39. The van der Waals surface area contributed by atoms with Crippen LogP contribution >= 0.6 is 0 Å². The van der Waals surface area contributed by atoms with Gasteiger partial charge in [0.25, 0.3) is 5.56 Å². The van der Waals surface area contributed by atoms with E-state index < -0.39 is 5.91 Å². The van der Waals surface area contributed by atoms with Crippen molar-refractivity contribution in [2.24, 2.45) is 5.73 Å². The molecule has 2 rings (SSSR count). The maximum atomic E-state index is 11.4. The highest BCUT2D eigenvalue weighted by Crippen LogP contribution is 2.37.